The van der Waals surface area contributed by atoms with Gasteiger partial charge in [-0.05, 0) is 31.9 Å². The Morgan fingerprint density at radius 3 is 2.58 bits per heavy atom. The number of hydrogen-bond acceptors (Lipinski definition) is 5. The summed E-state index contributed by atoms with van der Waals surface area (Å²) in [5, 5.41) is 16.1. The summed E-state index contributed by atoms with van der Waals surface area (Å²) in [6.45, 7) is 3.02. The van der Waals surface area contributed by atoms with E-state index >= 15 is 0 Å². The van der Waals surface area contributed by atoms with Crippen LogP contribution in [0.15, 0.2) is 24.7 Å². The molecule has 1 amide bonds. The van der Waals surface area contributed by atoms with E-state index in [9.17, 15) is 22.4 Å². The average molecular weight is 442 g/mol. The van der Waals surface area contributed by atoms with Gasteiger partial charge in [0.25, 0.3) is 0 Å². The number of aromatic amines is 1. The number of nitrogens with two attached hydrogens (primary N) is 1. The molecule has 9 nitrogen and oxygen atoms in total. The van der Waals surface area contributed by atoms with Gasteiger partial charge in [-0.2, -0.15) is 28.5 Å². The minimum absolute atomic E-state index is 0.149. The monoisotopic (exact) mass is 442 g/mol. The van der Waals surface area contributed by atoms with Crippen molar-refractivity contribution in [2.24, 2.45) is 12.8 Å². The van der Waals surface area contributed by atoms with E-state index in [0.717, 1.165) is 22.5 Å². The summed E-state index contributed by atoms with van der Waals surface area (Å²) in [6.07, 6.45) is -0.321. The maximum Gasteiger partial charge on any atom is 0.435 e. The normalized spacial score (nSPS) is 13.4. The molecule has 0 aliphatic heterocycles. The Kier molecular flexibility index (Phi) is 5.89. The van der Waals surface area contributed by atoms with Gasteiger partial charge in [0.1, 0.15) is 5.69 Å². The summed E-state index contributed by atoms with van der Waals surface area (Å²) < 4.78 is 56.1. The molecule has 31 heavy (non-hydrogen) atoms. The molecule has 3 rings (SSSR count). The van der Waals surface area contributed by atoms with Crippen LogP contribution in [0.5, 0.6) is 0 Å². The lowest BCUT2D eigenvalue weighted by atomic mass is 10.0. The maximum absolute atomic E-state index is 14.0. The van der Waals surface area contributed by atoms with Crippen LogP contribution < -0.4 is 11.1 Å². The molecule has 0 unspecified atom stereocenters. The van der Waals surface area contributed by atoms with E-state index in [2.05, 4.69) is 25.7 Å². The second kappa shape index (κ2) is 8.13. The molecule has 3 aromatic heterocycles. The van der Waals surface area contributed by atoms with Crippen molar-refractivity contribution in [2.45, 2.75) is 44.6 Å². The Morgan fingerprint density at radius 1 is 1.32 bits per heavy atom. The topological polar surface area (TPSA) is 119 Å². The van der Waals surface area contributed by atoms with Crippen LogP contribution >= 0.6 is 0 Å². The second-order valence-corrected chi connectivity index (χ2v) is 7.87. The molecule has 3 aromatic rings. The molecule has 0 spiro atoms. The van der Waals surface area contributed by atoms with Crippen LogP contribution in [0.2, 0.25) is 0 Å². The van der Waals surface area contributed by atoms with Crippen molar-refractivity contribution in [2.75, 3.05) is 0 Å². The number of aryl methyl sites for hydroxylation is 1. The van der Waals surface area contributed by atoms with Crippen LogP contribution in [-0.2, 0) is 31.0 Å². The first-order valence-electron chi connectivity index (χ1n) is 9.25. The Morgan fingerprint density at radius 2 is 2.03 bits per heavy atom. The Labute approximate surface area is 174 Å². The lowest BCUT2D eigenvalue weighted by Gasteiger charge is -2.28. The van der Waals surface area contributed by atoms with Crippen LogP contribution in [0.25, 0.3) is 11.4 Å². The zero-order chi connectivity index (χ0) is 23.0. The van der Waals surface area contributed by atoms with Crippen molar-refractivity contribution in [3.8, 4) is 11.4 Å². The first kappa shape index (κ1) is 22.5. The molecule has 0 bridgehead atoms. The highest BCUT2D eigenvalue weighted by Gasteiger charge is 2.36. The Bertz CT molecular complexity index is 1060. The molecule has 13 heteroatoms. The summed E-state index contributed by atoms with van der Waals surface area (Å²) in [7, 11) is 1.73. The van der Waals surface area contributed by atoms with Gasteiger partial charge in [0.05, 0.1) is 36.2 Å². The third kappa shape index (κ3) is 5.29. The number of hydrogen-bond donors (Lipinski definition) is 3. The highest BCUT2D eigenvalue weighted by molar-refractivity contribution is 5.82. The molecule has 0 aliphatic rings. The summed E-state index contributed by atoms with van der Waals surface area (Å²) in [5.74, 6) is -1.32. The number of alkyl halides is 3. The van der Waals surface area contributed by atoms with E-state index in [4.69, 9.17) is 5.73 Å². The van der Waals surface area contributed by atoms with Crippen molar-refractivity contribution < 1.29 is 22.4 Å². The lowest BCUT2D eigenvalue weighted by molar-refractivity contribution is -0.141. The molecule has 4 N–H and O–H groups in total. The van der Waals surface area contributed by atoms with Crippen molar-refractivity contribution in [1.82, 2.24) is 35.1 Å². The van der Waals surface area contributed by atoms with E-state index in [-0.39, 0.29) is 24.4 Å². The van der Waals surface area contributed by atoms with Crippen LogP contribution in [0.3, 0.4) is 0 Å². The predicted octanol–water partition coefficient (Wildman–Crippen LogP) is 1.63. The number of nitrogens with one attached hydrogen (secondary N) is 2. The largest absolute Gasteiger partial charge is 0.435 e. The molecular weight excluding hydrogens is 420 g/mol. The van der Waals surface area contributed by atoms with Crippen molar-refractivity contribution in [3.05, 3.63) is 41.7 Å². The second-order valence-electron chi connectivity index (χ2n) is 7.87. The fourth-order valence-electron chi connectivity index (χ4n) is 3.09. The smallest absolute Gasteiger partial charge is 0.348 e. The molecular formula is C18H22F4N8O. The maximum atomic E-state index is 14.0. The van der Waals surface area contributed by atoms with Crippen LogP contribution in [-0.4, -0.2) is 47.2 Å². The third-order valence-corrected chi connectivity index (χ3v) is 4.48. The molecule has 0 saturated heterocycles. The van der Waals surface area contributed by atoms with Crippen LogP contribution in [0, 0.1) is 5.82 Å². The number of nitrogens with zero attached hydrogens (tertiary/aromatic N) is 5. The number of amides is 1. The molecule has 3 heterocycles. The van der Waals surface area contributed by atoms with Gasteiger partial charge in [0.2, 0.25) is 5.91 Å². The summed E-state index contributed by atoms with van der Waals surface area (Å²) in [5.41, 5.74) is 4.10. The van der Waals surface area contributed by atoms with Gasteiger partial charge >= 0.3 is 6.18 Å². The first-order valence-corrected chi connectivity index (χ1v) is 9.25. The van der Waals surface area contributed by atoms with E-state index < -0.39 is 35.2 Å². The molecule has 0 aliphatic carbocycles. The lowest BCUT2D eigenvalue weighted by Crippen LogP contribution is -2.53. The first-order chi connectivity index (χ1) is 14.4. The summed E-state index contributed by atoms with van der Waals surface area (Å²) >= 11 is 0. The Hall–Kier alpha value is -3.22. The molecule has 0 aromatic carbocycles. The highest BCUT2D eigenvalue weighted by Crippen LogP contribution is 2.32. The van der Waals surface area contributed by atoms with Gasteiger partial charge in [-0.3, -0.25) is 19.3 Å². The van der Waals surface area contributed by atoms with Gasteiger partial charge in [-0.1, -0.05) is 0 Å². The quantitative estimate of drug-likeness (QED) is 0.481. The van der Waals surface area contributed by atoms with Crippen molar-refractivity contribution >= 4 is 5.91 Å². The van der Waals surface area contributed by atoms with Crippen LogP contribution in [0.4, 0.5) is 17.6 Å². The standard InChI is InChI=1S/C18H22F4N8O/c1-17(2,26-16(31)12(23)4-10-6-25-29(3)8-10)9-30-13(15-11(19)7-24-27-15)5-14(28-30)18(20,21)22/h5-8,12H,4,9,23H2,1-3H3,(H,24,27)(H,26,31)/t12-/m1/s1. The molecule has 0 saturated carbocycles. The SMILES string of the molecule is Cn1cc(C[C@@H](N)C(=O)NC(C)(C)Cn2nc(C(F)(F)F)cc2-c2[nH]ncc2F)cn1. The highest BCUT2D eigenvalue weighted by atomic mass is 19.4. The Balaban J connectivity index is 1.79. The number of aromatic nitrogens is 6. The molecule has 1 atom stereocenters. The molecule has 0 radical (unpaired) electrons. The summed E-state index contributed by atoms with van der Waals surface area (Å²) in [4.78, 5) is 12.5. The van der Waals surface area contributed by atoms with Gasteiger partial charge < -0.3 is 11.1 Å². The number of rotatable bonds is 7. The number of carbonyl (C=O) groups is 1. The van der Waals surface area contributed by atoms with E-state index in [1.165, 1.54) is 0 Å². The average Bonchev–Trinajstić information content (AvgIpc) is 3.34. The van der Waals surface area contributed by atoms with E-state index in [1.54, 1.807) is 38.0 Å². The molecule has 168 valence electrons. The van der Waals surface area contributed by atoms with Gasteiger partial charge in [-0.25, -0.2) is 4.39 Å². The molecule has 0 fully saturated rings. The van der Waals surface area contributed by atoms with E-state index in [1.807, 2.05) is 0 Å². The van der Waals surface area contributed by atoms with Crippen molar-refractivity contribution in [3.63, 3.8) is 0 Å². The third-order valence-electron chi connectivity index (χ3n) is 4.48. The fourth-order valence-corrected chi connectivity index (χ4v) is 3.09. The zero-order valence-electron chi connectivity index (χ0n) is 17.0. The van der Waals surface area contributed by atoms with Crippen LogP contribution in [0.1, 0.15) is 25.1 Å². The van der Waals surface area contributed by atoms with E-state index in [0.29, 0.717) is 0 Å². The predicted molar refractivity (Wildman–Crippen MR) is 102 cm³/mol. The zero-order valence-corrected chi connectivity index (χ0v) is 17.0. The fraction of sp³-hybridized carbons (Fsp3) is 0.444. The number of carbonyl (C=O) groups excluding carboxylic acids is 1. The van der Waals surface area contributed by atoms with Crippen molar-refractivity contribution in [1.29, 1.82) is 0 Å². The summed E-state index contributed by atoms with van der Waals surface area (Å²) in [6, 6.07) is -0.167. The number of halogens is 4. The van der Waals surface area contributed by atoms with Gasteiger partial charge in [0.15, 0.2) is 11.5 Å². The van der Waals surface area contributed by atoms with Gasteiger partial charge in [0, 0.05) is 13.2 Å². The number of H-pyrrole nitrogens is 1. The van der Waals surface area contributed by atoms with Gasteiger partial charge in [-0.15, -0.1) is 0 Å². The minimum Gasteiger partial charge on any atom is -0.348 e. The minimum atomic E-state index is -4.73.